The van der Waals surface area contributed by atoms with E-state index >= 15 is 0 Å². The smallest absolute Gasteiger partial charge is 0.192 e. The molecule has 0 aliphatic carbocycles. The lowest BCUT2D eigenvalue weighted by Gasteiger charge is -2.13. The molecule has 17 heavy (non-hydrogen) atoms. The van der Waals surface area contributed by atoms with Crippen molar-refractivity contribution in [2.24, 2.45) is 5.73 Å². The average Bonchev–Trinajstić information content (AvgIpc) is 2.29. The lowest BCUT2D eigenvalue weighted by Crippen LogP contribution is -2.16. The highest BCUT2D eigenvalue weighted by atomic mass is 16.5. The fourth-order valence-electron chi connectivity index (χ4n) is 1.38. The Morgan fingerprint density at radius 3 is 2.71 bits per heavy atom. The van der Waals surface area contributed by atoms with Crippen molar-refractivity contribution >= 4 is 5.78 Å². The topological polar surface area (TPSA) is 61.5 Å². The standard InChI is InChI=1S/C13H19NO3/c1-10(2)17-13-6-4-3-5-11(13)12(15)9-16-8-7-14/h3-6,10H,7-9,14H2,1-2H3. The fourth-order valence-corrected chi connectivity index (χ4v) is 1.38. The van der Waals surface area contributed by atoms with Crippen molar-refractivity contribution in [2.75, 3.05) is 19.8 Å². The Balaban J connectivity index is 2.71. The van der Waals surface area contributed by atoms with E-state index < -0.39 is 0 Å². The highest BCUT2D eigenvalue weighted by molar-refractivity contribution is 5.99. The van der Waals surface area contributed by atoms with E-state index in [0.717, 1.165) is 0 Å². The summed E-state index contributed by atoms with van der Waals surface area (Å²) in [6, 6.07) is 7.18. The molecule has 1 aromatic rings. The molecule has 0 bridgehead atoms. The number of carbonyl (C=O) groups excluding carboxylic acids is 1. The van der Waals surface area contributed by atoms with Crippen molar-refractivity contribution < 1.29 is 14.3 Å². The molecule has 0 heterocycles. The molecule has 94 valence electrons. The van der Waals surface area contributed by atoms with E-state index in [1.165, 1.54) is 0 Å². The summed E-state index contributed by atoms with van der Waals surface area (Å²) in [6.07, 6.45) is 0.0360. The van der Waals surface area contributed by atoms with Crippen molar-refractivity contribution in [1.82, 2.24) is 0 Å². The lowest BCUT2D eigenvalue weighted by molar-refractivity contribution is 0.0769. The highest BCUT2D eigenvalue weighted by Gasteiger charge is 2.12. The average molecular weight is 237 g/mol. The van der Waals surface area contributed by atoms with Crippen LogP contribution in [0, 0.1) is 0 Å². The van der Waals surface area contributed by atoms with Gasteiger partial charge >= 0.3 is 0 Å². The Labute approximate surface area is 102 Å². The van der Waals surface area contributed by atoms with Crippen molar-refractivity contribution in [2.45, 2.75) is 20.0 Å². The second-order valence-electron chi connectivity index (χ2n) is 3.93. The van der Waals surface area contributed by atoms with E-state index in [1.54, 1.807) is 12.1 Å². The van der Waals surface area contributed by atoms with Crippen LogP contribution < -0.4 is 10.5 Å². The number of hydrogen-bond donors (Lipinski definition) is 1. The van der Waals surface area contributed by atoms with Gasteiger partial charge in [0.05, 0.1) is 18.3 Å². The molecular weight excluding hydrogens is 218 g/mol. The van der Waals surface area contributed by atoms with Crippen molar-refractivity contribution in [3.63, 3.8) is 0 Å². The molecule has 0 spiro atoms. The minimum Gasteiger partial charge on any atom is -0.490 e. The Morgan fingerprint density at radius 2 is 2.06 bits per heavy atom. The van der Waals surface area contributed by atoms with Gasteiger partial charge in [-0.15, -0.1) is 0 Å². The van der Waals surface area contributed by atoms with Gasteiger partial charge in [-0.25, -0.2) is 0 Å². The number of carbonyl (C=O) groups is 1. The lowest BCUT2D eigenvalue weighted by atomic mass is 10.1. The Hall–Kier alpha value is -1.39. The normalized spacial score (nSPS) is 10.6. The number of nitrogens with two attached hydrogens (primary N) is 1. The summed E-state index contributed by atoms with van der Waals surface area (Å²) in [5, 5.41) is 0. The summed E-state index contributed by atoms with van der Waals surface area (Å²) < 4.78 is 10.7. The molecule has 1 aromatic carbocycles. The zero-order chi connectivity index (χ0) is 12.7. The maximum absolute atomic E-state index is 11.9. The van der Waals surface area contributed by atoms with Gasteiger partial charge in [0.2, 0.25) is 0 Å². The predicted octanol–water partition coefficient (Wildman–Crippen LogP) is 1.63. The van der Waals surface area contributed by atoms with E-state index in [2.05, 4.69) is 0 Å². The molecule has 0 amide bonds. The summed E-state index contributed by atoms with van der Waals surface area (Å²) in [7, 11) is 0. The highest BCUT2D eigenvalue weighted by Crippen LogP contribution is 2.19. The number of ether oxygens (including phenoxy) is 2. The zero-order valence-electron chi connectivity index (χ0n) is 10.3. The summed E-state index contributed by atoms with van der Waals surface area (Å²) >= 11 is 0. The number of rotatable bonds is 7. The Kier molecular flexibility index (Phi) is 5.66. The maximum Gasteiger partial charge on any atom is 0.192 e. The van der Waals surface area contributed by atoms with Crippen LogP contribution in [-0.4, -0.2) is 31.6 Å². The molecule has 0 fully saturated rings. The Morgan fingerprint density at radius 1 is 1.35 bits per heavy atom. The monoisotopic (exact) mass is 237 g/mol. The van der Waals surface area contributed by atoms with Gasteiger partial charge in [0.25, 0.3) is 0 Å². The molecule has 0 aromatic heterocycles. The van der Waals surface area contributed by atoms with E-state index in [9.17, 15) is 4.79 Å². The van der Waals surface area contributed by atoms with Gasteiger partial charge in [-0.1, -0.05) is 12.1 Å². The van der Waals surface area contributed by atoms with Crippen molar-refractivity contribution in [1.29, 1.82) is 0 Å². The largest absolute Gasteiger partial charge is 0.490 e. The predicted molar refractivity (Wildman–Crippen MR) is 66.4 cm³/mol. The molecule has 2 N–H and O–H groups in total. The van der Waals surface area contributed by atoms with E-state index in [4.69, 9.17) is 15.2 Å². The maximum atomic E-state index is 11.9. The molecule has 1 rings (SSSR count). The van der Waals surface area contributed by atoms with Crippen LogP contribution in [-0.2, 0) is 4.74 Å². The van der Waals surface area contributed by atoms with Crippen molar-refractivity contribution in [3.05, 3.63) is 29.8 Å². The van der Waals surface area contributed by atoms with Gasteiger partial charge < -0.3 is 15.2 Å². The third kappa shape index (κ3) is 4.54. The van der Waals surface area contributed by atoms with Gasteiger partial charge in [-0.05, 0) is 26.0 Å². The van der Waals surface area contributed by atoms with Gasteiger partial charge in [0.15, 0.2) is 5.78 Å². The molecule has 0 aliphatic rings. The SMILES string of the molecule is CC(C)Oc1ccccc1C(=O)COCCN. The molecule has 0 aliphatic heterocycles. The van der Waals surface area contributed by atoms with Crippen LogP contribution in [0.5, 0.6) is 5.75 Å². The molecule has 0 atom stereocenters. The number of ketones is 1. The number of Topliss-reactive ketones (excluding diaryl/α,β-unsaturated/α-hetero) is 1. The summed E-state index contributed by atoms with van der Waals surface area (Å²) in [4.78, 5) is 11.9. The van der Waals surface area contributed by atoms with Gasteiger partial charge in [0, 0.05) is 6.54 Å². The van der Waals surface area contributed by atoms with E-state index in [-0.39, 0.29) is 18.5 Å². The summed E-state index contributed by atoms with van der Waals surface area (Å²) in [5.41, 5.74) is 5.84. The van der Waals surface area contributed by atoms with E-state index in [0.29, 0.717) is 24.5 Å². The van der Waals surface area contributed by atoms with Crippen LogP contribution in [0.25, 0.3) is 0 Å². The van der Waals surface area contributed by atoms with Crippen molar-refractivity contribution in [3.8, 4) is 5.75 Å². The van der Waals surface area contributed by atoms with Gasteiger partial charge in [-0.3, -0.25) is 4.79 Å². The molecule has 0 saturated heterocycles. The first-order valence-corrected chi connectivity index (χ1v) is 5.72. The second kappa shape index (κ2) is 7.04. The first kappa shape index (κ1) is 13.7. The van der Waals surface area contributed by atoms with Gasteiger partial charge in [0.1, 0.15) is 12.4 Å². The zero-order valence-corrected chi connectivity index (χ0v) is 10.3. The third-order valence-electron chi connectivity index (χ3n) is 2.05. The summed E-state index contributed by atoms with van der Waals surface area (Å²) in [5.74, 6) is 0.513. The molecule has 0 unspecified atom stereocenters. The van der Waals surface area contributed by atoms with Crippen LogP contribution in [0.1, 0.15) is 24.2 Å². The Bertz CT molecular complexity index is 363. The molecule has 0 saturated carbocycles. The first-order valence-electron chi connectivity index (χ1n) is 5.72. The quantitative estimate of drug-likeness (QED) is 0.578. The summed E-state index contributed by atoms with van der Waals surface area (Å²) in [6.45, 7) is 4.68. The molecule has 0 radical (unpaired) electrons. The molecule has 4 nitrogen and oxygen atoms in total. The fraction of sp³-hybridized carbons (Fsp3) is 0.462. The van der Waals surface area contributed by atoms with Crippen LogP contribution in [0.15, 0.2) is 24.3 Å². The number of hydrogen-bond acceptors (Lipinski definition) is 4. The minimum atomic E-state index is -0.0882. The van der Waals surface area contributed by atoms with Crippen LogP contribution >= 0.6 is 0 Å². The number of para-hydroxylation sites is 1. The van der Waals surface area contributed by atoms with Crippen LogP contribution in [0.3, 0.4) is 0 Å². The minimum absolute atomic E-state index is 0.0360. The third-order valence-corrected chi connectivity index (χ3v) is 2.05. The molecular formula is C13H19NO3. The van der Waals surface area contributed by atoms with Crippen LogP contribution in [0.4, 0.5) is 0 Å². The van der Waals surface area contributed by atoms with Gasteiger partial charge in [-0.2, -0.15) is 0 Å². The van der Waals surface area contributed by atoms with Crippen LogP contribution in [0.2, 0.25) is 0 Å². The number of benzene rings is 1. The first-order chi connectivity index (χ1) is 8.15. The van der Waals surface area contributed by atoms with E-state index in [1.807, 2.05) is 26.0 Å². The second-order valence-corrected chi connectivity index (χ2v) is 3.93. The molecule has 4 heteroatoms.